The summed E-state index contributed by atoms with van der Waals surface area (Å²) in [5.74, 6) is -1.84. The average Bonchev–Trinajstić information content (AvgIpc) is 2.47. The highest BCUT2D eigenvalue weighted by molar-refractivity contribution is 7.92. The van der Waals surface area contributed by atoms with E-state index in [4.69, 9.17) is 4.74 Å². The molecule has 1 N–H and O–H groups in total. The maximum atomic E-state index is 12.7. The summed E-state index contributed by atoms with van der Waals surface area (Å²) >= 11 is 0. The molecule has 0 aliphatic heterocycles. The highest BCUT2D eigenvalue weighted by Crippen LogP contribution is 2.32. The third kappa shape index (κ3) is 3.30. The van der Waals surface area contributed by atoms with Crippen molar-refractivity contribution in [1.29, 1.82) is 0 Å². The minimum absolute atomic E-state index is 0.000164. The van der Waals surface area contributed by atoms with E-state index in [1.165, 1.54) is 25.3 Å². The van der Waals surface area contributed by atoms with E-state index in [0.29, 0.717) is 25.0 Å². The molecule has 1 aliphatic carbocycles. The van der Waals surface area contributed by atoms with Crippen LogP contribution in [0.4, 0.5) is 0 Å². The fraction of sp³-hybridized carbons (Fsp3) is 0.467. The molecule has 0 spiro atoms. The molecule has 22 heavy (non-hydrogen) atoms. The van der Waals surface area contributed by atoms with Gasteiger partial charge in [0, 0.05) is 12.8 Å². The first-order valence-corrected chi connectivity index (χ1v) is 8.53. The summed E-state index contributed by atoms with van der Waals surface area (Å²) in [5, 5.41) is 7.81. The number of carbonyl (C=O) groups excluding carboxylic acids is 1. The molecule has 0 heterocycles. The van der Waals surface area contributed by atoms with Crippen LogP contribution in [0.2, 0.25) is 0 Å². The van der Waals surface area contributed by atoms with E-state index in [2.05, 4.69) is 0 Å². The third-order valence-electron chi connectivity index (χ3n) is 3.90. The zero-order chi connectivity index (χ0) is 16.3. The van der Waals surface area contributed by atoms with Crippen LogP contribution in [0.1, 0.15) is 25.7 Å². The lowest BCUT2D eigenvalue weighted by molar-refractivity contribution is -0.138. The Morgan fingerprint density at radius 2 is 2.14 bits per heavy atom. The Morgan fingerprint density at radius 1 is 1.41 bits per heavy atom. The Labute approximate surface area is 129 Å². The number of rotatable bonds is 5. The minimum atomic E-state index is -4.09. The maximum absolute atomic E-state index is 12.7. The Kier molecular flexibility index (Phi) is 4.85. The first kappa shape index (κ1) is 16.5. The molecule has 1 saturated carbocycles. The number of hydrogen-bond donors (Lipinski definition) is 1. The summed E-state index contributed by atoms with van der Waals surface area (Å²) < 4.78 is 30.4. The van der Waals surface area contributed by atoms with E-state index in [1.54, 1.807) is 6.07 Å². The van der Waals surface area contributed by atoms with Crippen LogP contribution in [-0.2, 0) is 19.4 Å². The largest absolute Gasteiger partial charge is 0.497 e. The topological polar surface area (TPSA) is 97.7 Å². The van der Waals surface area contributed by atoms with Gasteiger partial charge in [-0.3, -0.25) is 9.59 Å². The predicted octanol–water partition coefficient (Wildman–Crippen LogP) is 1.68. The second kappa shape index (κ2) is 6.48. The van der Waals surface area contributed by atoms with Gasteiger partial charge in [0.2, 0.25) is 0 Å². The number of methoxy groups -OCH3 is 1. The molecule has 0 radical (unpaired) electrons. The molecule has 1 aromatic rings. The van der Waals surface area contributed by atoms with Crippen LogP contribution in [0.5, 0.6) is 5.75 Å². The molecule has 2 atom stereocenters. The highest BCUT2D eigenvalue weighted by atomic mass is 32.2. The number of benzene rings is 1. The Morgan fingerprint density at radius 3 is 2.73 bits per heavy atom. The van der Waals surface area contributed by atoms with E-state index in [-0.39, 0.29) is 17.1 Å². The van der Waals surface area contributed by atoms with Gasteiger partial charge in [0.25, 0.3) is 0 Å². The van der Waals surface area contributed by atoms with Gasteiger partial charge in [0.05, 0.1) is 12.0 Å². The Bertz CT molecular complexity index is 679. The van der Waals surface area contributed by atoms with Crippen molar-refractivity contribution in [2.24, 2.45) is 5.92 Å². The number of carboxylic acids is 1. The van der Waals surface area contributed by atoms with Crippen LogP contribution in [0, 0.1) is 5.92 Å². The second-order valence-corrected chi connectivity index (χ2v) is 7.45. The van der Waals surface area contributed by atoms with Crippen molar-refractivity contribution >= 4 is 21.6 Å². The number of hydrogen-bond acceptors (Lipinski definition) is 5. The molecule has 7 heteroatoms. The minimum Gasteiger partial charge on any atom is -0.497 e. The average molecular weight is 326 g/mol. The summed E-state index contributed by atoms with van der Waals surface area (Å²) in [5.41, 5.74) is 0. The van der Waals surface area contributed by atoms with Gasteiger partial charge in [0.15, 0.2) is 15.1 Å². The highest BCUT2D eigenvalue weighted by Gasteiger charge is 2.42. The molecule has 0 aromatic heterocycles. The number of carbonyl (C=O) groups is 2. The van der Waals surface area contributed by atoms with Crippen molar-refractivity contribution in [3.05, 3.63) is 24.3 Å². The predicted molar refractivity (Wildman–Crippen MR) is 78.6 cm³/mol. The Hall–Kier alpha value is -1.89. The van der Waals surface area contributed by atoms with E-state index in [1.807, 2.05) is 0 Å². The van der Waals surface area contributed by atoms with Crippen molar-refractivity contribution in [2.75, 3.05) is 7.11 Å². The maximum Gasteiger partial charge on any atom is 0.322 e. The van der Waals surface area contributed by atoms with Crippen LogP contribution in [0.3, 0.4) is 0 Å². The molecular formula is C15H18O6S. The van der Waals surface area contributed by atoms with Gasteiger partial charge in [0.1, 0.15) is 11.5 Å². The van der Waals surface area contributed by atoms with Crippen molar-refractivity contribution < 1.29 is 27.9 Å². The van der Waals surface area contributed by atoms with Crippen LogP contribution >= 0.6 is 0 Å². The van der Waals surface area contributed by atoms with Crippen LogP contribution < -0.4 is 4.74 Å². The third-order valence-corrected chi connectivity index (χ3v) is 6.06. The summed E-state index contributed by atoms with van der Waals surface area (Å²) in [4.78, 5) is 23.0. The number of carboxylic acid groups (broad SMARTS) is 1. The summed E-state index contributed by atoms with van der Waals surface area (Å²) in [7, 11) is -2.68. The Balaban J connectivity index is 2.41. The molecule has 120 valence electrons. The van der Waals surface area contributed by atoms with Crippen LogP contribution in [0.15, 0.2) is 29.2 Å². The number of ketones is 1. The van der Waals surface area contributed by atoms with Gasteiger partial charge in [-0.2, -0.15) is 0 Å². The molecule has 2 unspecified atom stereocenters. The smallest absolute Gasteiger partial charge is 0.322 e. The van der Waals surface area contributed by atoms with Crippen molar-refractivity contribution in [1.82, 2.24) is 0 Å². The van der Waals surface area contributed by atoms with Crippen LogP contribution in [0.25, 0.3) is 0 Å². The fourth-order valence-corrected chi connectivity index (χ4v) is 4.68. The van der Waals surface area contributed by atoms with Gasteiger partial charge in [-0.25, -0.2) is 8.42 Å². The second-order valence-electron chi connectivity index (χ2n) is 5.38. The molecule has 1 aromatic carbocycles. The monoisotopic (exact) mass is 326 g/mol. The van der Waals surface area contributed by atoms with E-state index >= 15 is 0 Å². The van der Waals surface area contributed by atoms with Gasteiger partial charge in [-0.1, -0.05) is 6.07 Å². The molecule has 0 saturated heterocycles. The standard InChI is InChI=1S/C15H18O6S/c1-21-12-6-3-7-13(9-12)22(19,20)14(15(17)18)10-4-2-5-11(16)8-10/h3,6-7,9-10,14H,2,4-5,8H2,1H3,(H,17,18). The fourth-order valence-electron chi connectivity index (χ4n) is 2.83. The first-order chi connectivity index (χ1) is 10.4. The SMILES string of the molecule is COc1cccc(S(=O)(=O)C(C(=O)O)C2CCCC(=O)C2)c1. The quantitative estimate of drug-likeness (QED) is 0.884. The molecule has 0 amide bonds. The molecule has 1 aliphatic rings. The molecule has 1 fully saturated rings. The lowest BCUT2D eigenvalue weighted by Gasteiger charge is -2.26. The zero-order valence-electron chi connectivity index (χ0n) is 12.2. The van der Waals surface area contributed by atoms with E-state index in [9.17, 15) is 23.1 Å². The molecular weight excluding hydrogens is 308 g/mol. The number of aliphatic carboxylic acids is 1. The summed E-state index contributed by atoms with van der Waals surface area (Å²) in [6.45, 7) is 0. The number of sulfone groups is 1. The van der Waals surface area contributed by atoms with Crippen molar-refractivity contribution in [3.8, 4) is 5.75 Å². The van der Waals surface area contributed by atoms with Gasteiger partial charge in [-0.15, -0.1) is 0 Å². The summed E-state index contributed by atoms with van der Waals surface area (Å²) in [6, 6.07) is 5.73. The van der Waals surface area contributed by atoms with Gasteiger partial charge in [-0.05, 0) is 37.0 Å². The van der Waals surface area contributed by atoms with E-state index < -0.39 is 27.0 Å². The van der Waals surface area contributed by atoms with Crippen molar-refractivity contribution in [2.45, 2.75) is 35.8 Å². The van der Waals surface area contributed by atoms with E-state index in [0.717, 1.165) is 0 Å². The van der Waals surface area contributed by atoms with Crippen LogP contribution in [-0.4, -0.2) is 37.6 Å². The normalized spacial score (nSPS) is 20.4. The first-order valence-electron chi connectivity index (χ1n) is 6.98. The lowest BCUT2D eigenvalue weighted by Crippen LogP contribution is -2.39. The number of Topliss-reactive ketones (excluding diaryl/α,β-unsaturated/α-hetero) is 1. The zero-order valence-corrected chi connectivity index (χ0v) is 13.0. The summed E-state index contributed by atoms with van der Waals surface area (Å²) in [6.07, 6.45) is 1.34. The lowest BCUT2D eigenvalue weighted by atomic mass is 9.86. The number of ether oxygens (including phenoxy) is 1. The molecule has 6 nitrogen and oxygen atoms in total. The molecule has 0 bridgehead atoms. The van der Waals surface area contributed by atoms with Crippen molar-refractivity contribution in [3.63, 3.8) is 0 Å². The van der Waals surface area contributed by atoms with Gasteiger partial charge < -0.3 is 9.84 Å². The van der Waals surface area contributed by atoms with Gasteiger partial charge >= 0.3 is 5.97 Å². The molecule has 2 rings (SSSR count).